The van der Waals surface area contributed by atoms with Gasteiger partial charge in [-0.3, -0.25) is 0 Å². The van der Waals surface area contributed by atoms with Gasteiger partial charge in [0, 0.05) is 5.92 Å². The maximum atomic E-state index is 10.6. The summed E-state index contributed by atoms with van der Waals surface area (Å²) < 4.78 is 10.5. The van der Waals surface area contributed by atoms with E-state index in [0.717, 1.165) is 5.56 Å². The van der Waals surface area contributed by atoms with Gasteiger partial charge in [-0.1, -0.05) is 33.8 Å². The summed E-state index contributed by atoms with van der Waals surface area (Å²) in [5, 5.41) is 10.6. The third-order valence-electron chi connectivity index (χ3n) is 5.20. The molecule has 0 amide bonds. The van der Waals surface area contributed by atoms with Crippen LogP contribution in [0.5, 0.6) is 11.5 Å². The predicted octanol–water partition coefficient (Wildman–Crippen LogP) is 3.42. The van der Waals surface area contributed by atoms with Crippen molar-refractivity contribution in [3.8, 4) is 11.5 Å². The molecule has 0 aromatic heterocycles. The first-order chi connectivity index (χ1) is 8.77. The number of aliphatic hydroxyl groups excluding tert-OH is 1. The number of ether oxygens (including phenoxy) is 2. The molecule has 3 nitrogen and oxygen atoms in total. The Hall–Kier alpha value is -1.22. The van der Waals surface area contributed by atoms with Crippen molar-refractivity contribution in [1.29, 1.82) is 0 Å². The fraction of sp³-hybridized carbons (Fsp3) is 0.625. The smallest absolute Gasteiger partial charge is 0.161 e. The first kappa shape index (κ1) is 14.2. The molecule has 1 aromatic carbocycles. The molecule has 19 heavy (non-hydrogen) atoms. The molecule has 0 saturated heterocycles. The van der Waals surface area contributed by atoms with Gasteiger partial charge < -0.3 is 14.6 Å². The van der Waals surface area contributed by atoms with E-state index in [1.165, 1.54) is 0 Å². The highest BCUT2D eigenvalue weighted by molar-refractivity contribution is 5.44. The summed E-state index contributed by atoms with van der Waals surface area (Å²) in [6.07, 6.45) is -0.468. The van der Waals surface area contributed by atoms with Crippen LogP contribution in [0.15, 0.2) is 18.2 Å². The molecule has 1 atom stereocenters. The van der Waals surface area contributed by atoms with Crippen LogP contribution in [0.2, 0.25) is 0 Å². The molecular formula is C16H24O3. The molecule has 1 aliphatic carbocycles. The number of hydrogen-bond donors (Lipinski definition) is 1. The lowest BCUT2D eigenvalue weighted by molar-refractivity contribution is 0.130. The van der Waals surface area contributed by atoms with E-state index < -0.39 is 6.10 Å². The summed E-state index contributed by atoms with van der Waals surface area (Å²) in [6.45, 7) is 8.84. The van der Waals surface area contributed by atoms with Gasteiger partial charge in [0.25, 0.3) is 0 Å². The molecular weight excluding hydrogens is 240 g/mol. The lowest BCUT2D eigenvalue weighted by Crippen LogP contribution is -2.06. The molecule has 2 rings (SSSR count). The fourth-order valence-corrected chi connectivity index (χ4v) is 3.27. The average molecular weight is 264 g/mol. The summed E-state index contributed by atoms with van der Waals surface area (Å²) in [6, 6.07) is 5.63. The van der Waals surface area contributed by atoms with Crippen LogP contribution in [0.1, 0.15) is 39.4 Å². The van der Waals surface area contributed by atoms with Gasteiger partial charge in [-0.15, -0.1) is 0 Å². The lowest BCUT2D eigenvalue weighted by Gasteiger charge is -2.16. The molecule has 0 bridgehead atoms. The Kier molecular flexibility index (Phi) is 3.29. The zero-order chi connectivity index (χ0) is 14.4. The summed E-state index contributed by atoms with van der Waals surface area (Å²) in [5.74, 6) is 1.61. The van der Waals surface area contributed by atoms with Gasteiger partial charge in [0.05, 0.1) is 20.3 Å². The van der Waals surface area contributed by atoms with Gasteiger partial charge >= 0.3 is 0 Å². The molecule has 3 heteroatoms. The number of methoxy groups -OCH3 is 2. The Morgan fingerprint density at radius 1 is 1.00 bits per heavy atom. The normalized spacial score (nSPS) is 21.8. The van der Waals surface area contributed by atoms with Crippen molar-refractivity contribution in [2.75, 3.05) is 14.2 Å². The molecule has 0 aliphatic heterocycles. The van der Waals surface area contributed by atoms with Gasteiger partial charge in [-0.25, -0.2) is 0 Å². The van der Waals surface area contributed by atoms with E-state index in [9.17, 15) is 5.11 Å². The molecule has 0 heterocycles. The number of benzene rings is 1. The third-order valence-corrected chi connectivity index (χ3v) is 5.20. The van der Waals surface area contributed by atoms with Crippen LogP contribution in [0.3, 0.4) is 0 Å². The van der Waals surface area contributed by atoms with Crippen LogP contribution in [0.25, 0.3) is 0 Å². The van der Waals surface area contributed by atoms with E-state index >= 15 is 0 Å². The average Bonchev–Trinajstić information content (AvgIpc) is 2.78. The molecule has 1 aliphatic rings. The van der Waals surface area contributed by atoms with E-state index in [1.54, 1.807) is 14.2 Å². The first-order valence-electron chi connectivity index (χ1n) is 6.67. The summed E-state index contributed by atoms with van der Waals surface area (Å²) in [7, 11) is 3.22. The van der Waals surface area contributed by atoms with Gasteiger partial charge in [0.15, 0.2) is 11.5 Å². The van der Waals surface area contributed by atoms with Gasteiger partial charge in [0.2, 0.25) is 0 Å². The highest BCUT2D eigenvalue weighted by atomic mass is 16.5. The zero-order valence-corrected chi connectivity index (χ0v) is 12.7. The largest absolute Gasteiger partial charge is 0.493 e. The zero-order valence-electron chi connectivity index (χ0n) is 12.7. The van der Waals surface area contributed by atoms with Crippen molar-refractivity contribution >= 4 is 0 Å². The van der Waals surface area contributed by atoms with E-state index in [1.807, 2.05) is 18.2 Å². The van der Waals surface area contributed by atoms with Crippen molar-refractivity contribution in [1.82, 2.24) is 0 Å². The summed E-state index contributed by atoms with van der Waals surface area (Å²) >= 11 is 0. The molecule has 1 N–H and O–H groups in total. The second-order valence-corrected chi connectivity index (χ2v) is 6.48. The van der Waals surface area contributed by atoms with Crippen molar-refractivity contribution in [3.05, 3.63) is 23.8 Å². The van der Waals surface area contributed by atoms with Gasteiger partial charge in [-0.05, 0) is 28.5 Å². The van der Waals surface area contributed by atoms with Crippen molar-refractivity contribution in [2.45, 2.75) is 33.8 Å². The van der Waals surface area contributed by atoms with Gasteiger partial charge in [0.1, 0.15) is 0 Å². The topological polar surface area (TPSA) is 38.7 Å². The van der Waals surface area contributed by atoms with E-state index in [0.29, 0.717) is 11.5 Å². The van der Waals surface area contributed by atoms with Crippen LogP contribution in [-0.4, -0.2) is 19.3 Å². The van der Waals surface area contributed by atoms with Crippen molar-refractivity contribution < 1.29 is 14.6 Å². The minimum Gasteiger partial charge on any atom is -0.493 e. The molecule has 1 unspecified atom stereocenters. The first-order valence-corrected chi connectivity index (χ1v) is 6.67. The molecule has 106 valence electrons. The molecule has 0 radical (unpaired) electrons. The maximum Gasteiger partial charge on any atom is 0.161 e. The molecule has 1 aromatic rings. The highest BCUT2D eigenvalue weighted by Crippen LogP contribution is 2.72. The van der Waals surface area contributed by atoms with E-state index in [2.05, 4.69) is 27.7 Å². The highest BCUT2D eigenvalue weighted by Gasteiger charge is 2.67. The second-order valence-electron chi connectivity index (χ2n) is 6.48. The maximum absolute atomic E-state index is 10.6. The standard InChI is InChI=1S/C16H24O3/c1-15(2)14(16(15,3)4)13(17)10-7-8-11(18-5)12(9-10)19-6/h7-9,13-14,17H,1-6H3. The van der Waals surface area contributed by atoms with E-state index in [-0.39, 0.29) is 16.7 Å². The van der Waals surface area contributed by atoms with Crippen LogP contribution in [0, 0.1) is 16.7 Å². The summed E-state index contributed by atoms with van der Waals surface area (Å²) in [4.78, 5) is 0. The Labute approximate surface area is 115 Å². The fourth-order valence-electron chi connectivity index (χ4n) is 3.27. The van der Waals surface area contributed by atoms with Crippen molar-refractivity contribution in [3.63, 3.8) is 0 Å². The molecule has 0 spiro atoms. The third kappa shape index (κ3) is 2.00. The SMILES string of the molecule is COc1ccc(C(O)C2C(C)(C)C2(C)C)cc1OC. The Balaban J connectivity index is 2.29. The Bertz CT molecular complexity index is 463. The number of hydrogen-bond acceptors (Lipinski definition) is 3. The quantitative estimate of drug-likeness (QED) is 0.905. The van der Waals surface area contributed by atoms with Gasteiger partial charge in [-0.2, -0.15) is 0 Å². The second kappa shape index (κ2) is 4.41. The minimum atomic E-state index is -0.468. The number of aliphatic hydroxyl groups is 1. The predicted molar refractivity (Wildman–Crippen MR) is 75.6 cm³/mol. The molecule has 1 saturated carbocycles. The van der Waals surface area contributed by atoms with Crippen LogP contribution in [-0.2, 0) is 0 Å². The number of rotatable bonds is 4. The molecule has 1 fully saturated rings. The summed E-state index contributed by atoms with van der Waals surface area (Å²) in [5.41, 5.74) is 1.19. The van der Waals surface area contributed by atoms with Crippen LogP contribution >= 0.6 is 0 Å². The van der Waals surface area contributed by atoms with Crippen molar-refractivity contribution in [2.24, 2.45) is 16.7 Å². The Morgan fingerprint density at radius 3 is 1.95 bits per heavy atom. The monoisotopic (exact) mass is 264 g/mol. The minimum absolute atomic E-state index is 0.152. The van der Waals surface area contributed by atoms with Crippen LogP contribution in [0.4, 0.5) is 0 Å². The Morgan fingerprint density at radius 2 is 1.53 bits per heavy atom. The van der Waals surface area contributed by atoms with E-state index in [4.69, 9.17) is 9.47 Å². The lowest BCUT2D eigenvalue weighted by atomic mass is 9.99. The van der Waals surface area contributed by atoms with Crippen LogP contribution < -0.4 is 9.47 Å².